The second-order valence-corrected chi connectivity index (χ2v) is 7.11. The summed E-state index contributed by atoms with van der Waals surface area (Å²) in [5.41, 5.74) is 1.18. The van der Waals surface area contributed by atoms with Crippen molar-refractivity contribution in [3.63, 3.8) is 0 Å². The van der Waals surface area contributed by atoms with Crippen LogP contribution in [-0.4, -0.2) is 52.4 Å². The maximum atomic E-state index is 5.72. The van der Waals surface area contributed by atoms with Crippen LogP contribution in [0.5, 0.6) is 0 Å². The molecule has 1 aromatic heterocycles. The van der Waals surface area contributed by atoms with Gasteiger partial charge in [0.15, 0.2) is 11.8 Å². The van der Waals surface area contributed by atoms with Crippen molar-refractivity contribution in [2.45, 2.75) is 26.5 Å². The summed E-state index contributed by atoms with van der Waals surface area (Å²) in [7, 11) is 1.95. The van der Waals surface area contributed by atoms with Crippen LogP contribution in [0.2, 0.25) is 0 Å². The molecular weight excluding hydrogens is 360 g/mol. The largest absolute Gasteiger partial charge is 0.375 e. The first-order chi connectivity index (χ1) is 13.2. The van der Waals surface area contributed by atoms with Crippen LogP contribution in [0.25, 0.3) is 0 Å². The van der Waals surface area contributed by atoms with E-state index in [-0.39, 0.29) is 0 Å². The summed E-state index contributed by atoms with van der Waals surface area (Å²) in [6.45, 7) is 5.23. The number of hydrogen-bond donors (Lipinski definition) is 2. The Bertz CT molecular complexity index is 689. The fourth-order valence-corrected chi connectivity index (χ4v) is 2.77. The molecule has 0 aliphatic carbocycles. The van der Waals surface area contributed by atoms with Gasteiger partial charge in [-0.3, -0.25) is 0 Å². The van der Waals surface area contributed by atoms with E-state index in [0.717, 1.165) is 36.3 Å². The molecule has 2 N–H and O–H groups in total. The predicted octanol–water partition coefficient (Wildman–Crippen LogP) is 2.13. The third kappa shape index (κ3) is 8.01. The van der Waals surface area contributed by atoms with Crippen molar-refractivity contribution in [2.75, 3.05) is 31.7 Å². The van der Waals surface area contributed by atoms with Crippen LogP contribution in [-0.2, 0) is 24.9 Å². The molecule has 0 radical (unpaired) electrons. The Labute approximate surface area is 166 Å². The lowest BCUT2D eigenvalue weighted by molar-refractivity contribution is 0.125. The highest BCUT2D eigenvalue weighted by Crippen LogP contribution is 2.01. The molecule has 2 rings (SSSR count). The van der Waals surface area contributed by atoms with E-state index in [1.165, 1.54) is 5.56 Å². The lowest BCUT2D eigenvalue weighted by Crippen LogP contribution is -2.39. The maximum Gasteiger partial charge on any atom is 0.191 e. The molecule has 0 amide bonds. The minimum Gasteiger partial charge on any atom is -0.375 e. The van der Waals surface area contributed by atoms with Gasteiger partial charge in [-0.15, -0.1) is 10.2 Å². The number of rotatable bonds is 11. The zero-order valence-corrected chi connectivity index (χ0v) is 17.3. The number of benzene rings is 1. The number of nitrogens with one attached hydrogen (secondary N) is 2. The average Bonchev–Trinajstić information content (AvgIpc) is 3.01. The van der Waals surface area contributed by atoms with Crippen molar-refractivity contribution in [2.24, 2.45) is 12.0 Å². The third-order valence-electron chi connectivity index (χ3n) is 4.03. The first-order valence-corrected chi connectivity index (χ1v) is 10.6. The van der Waals surface area contributed by atoms with Gasteiger partial charge in [-0.1, -0.05) is 30.3 Å². The number of nitrogens with zero attached hydrogens (tertiary/aromatic N) is 4. The number of ether oxygens (including phenoxy) is 1. The van der Waals surface area contributed by atoms with E-state index in [9.17, 15) is 0 Å². The smallest absolute Gasteiger partial charge is 0.191 e. The van der Waals surface area contributed by atoms with Crippen molar-refractivity contribution in [1.82, 2.24) is 25.4 Å². The van der Waals surface area contributed by atoms with Crippen LogP contribution >= 0.6 is 11.8 Å². The average molecular weight is 391 g/mol. The number of hydrogen-bond acceptors (Lipinski definition) is 5. The second kappa shape index (κ2) is 12.3. The molecule has 0 fully saturated rings. The first kappa shape index (κ1) is 21.2. The molecular formula is C19H30N6OS. The van der Waals surface area contributed by atoms with Crippen molar-refractivity contribution < 1.29 is 4.74 Å². The topological polar surface area (TPSA) is 76.4 Å². The lowest BCUT2D eigenvalue weighted by atomic mass is 10.2. The maximum absolute atomic E-state index is 5.72. The van der Waals surface area contributed by atoms with E-state index >= 15 is 0 Å². The molecule has 8 heteroatoms. The Morgan fingerprint density at radius 2 is 1.96 bits per heavy atom. The van der Waals surface area contributed by atoms with Gasteiger partial charge in [0.25, 0.3) is 0 Å². The molecule has 148 valence electrons. The Kier molecular flexibility index (Phi) is 9.72. The SMILES string of the molecule is CSCCCNC(=NCc1nnc(C)n1C)NCCOCc1ccccc1. The number of aliphatic imine (C=N–C) groups is 1. The molecule has 0 unspecified atom stereocenters. The van der Waals surface area contributed by atoms with Gasteiger partial charge in [0.05, 0.1) is 13.2 Å². The van der Waals surface area contributed by atoms with Crippen LogP contribution < -0.4 is 10.6 Å². The summed E-state index contributed by atoms with van der Waals surface area (Å²) in [5.74, 6) is 3.64. The van der Waals surface area contributed by atoms with Crippen LogP contribution in [0.1, 0.15) is 23.6 Å². The van der Waals surface area contributed by atoms with Gasteiger partial charge in [0.2, 0.25) is 0 Å². The third-order valence-corrected chi connectivity index (χ3v) is 4.73. The van der Waals surface area contributed by atoms with Crippen LogP contribution in [0.4, 0.5) is 0 Å². The van der Waals surface area contributed by atoms with Crippen molar-refractivity contribution >= 4 is 17.7 Å². The molecule has 7 nitrogen and oxygen atoms in total. The van der Waals surface area contributed by atoms with Gasteiger partial charge in [-0.25, -0.2) is 4.99 Å². The van der Waals surface area contributed by atoms with Crippen LogP contribution in [0.15, 0.2) is 35.3 Å². The van der Waals surface area contributed by atoms with Crippen molar-refractivity contribution in [3.05, 3.63) is 47.5 Å². The molecule has 27 heavy (non-hydrogen) atoms. The fourth-order valence-electron chi connectivity index (χ4n) is 2.34. The Hall–Kier alpha value is -2.06. The Morgan fingerprint density at radius 3 is 2.67 bits per heavy atom. The van der Waals surface area contributed by atoms with Gasteiger partial charge in [-0.2, -0.15) is 11.8 Å². The molecule has 0 atom stereocenters. The molecule has 0 bridgehead atoms. The van der Waals surface area contributed by atoms with E-state index in [1.54, 1.807) is 0 Å². The second-order valence-electron chi connectivity index (χ2n) is 6.13. The molecule has 0 saturated heterocycles. The molecule has 0 saturated carbocycles. The van der Waals surface area contributed by atoms with Crippen molar-refractivity contribution in [3.8, 4) is 0 Å². The number of aryl methyl sites for hydroxylation is 1. The van der Waals surface area contributed by atoms with Gasteiger partial charge in [0, 0.05) is 20.1 Å². The standard InChI is InChI=1S/C19H30N6OS/c1-16-23-24-18(25(16)2)14-22-19(20-10-7-13-27-3)21-11-12-26-15-17-8-5-4-6-9-17/h4-6,8-9H,7,10-15H2,1-3H3,(H2,20,21,22). The molecule has 0 aliphatic rings. The summed E-state index contributed by atoms with van der Waals surface area (Å²) in [4.78, 5) is 4.63. The Morgan fingerprint density at radius 1 is 1.19 bits per heavy atom. The summed E-state index contributed by atoms with van der Waals surface area (Å²) >= 11 is 1.85. The van der Waals surface area contributed by atoms with E-state index in [0.29, 0.717) is 26.3 Å². The Balaban J connectivity index is 1.78. The highest BCUT2D eigenvalue weighted by molar-refractivity contribution is 7.98. The molecule has 1 aromatic carbocycles. The minimum atomic E-state index is 0.486. The monoisotopic (exact) mass is 390 g/mol. The minimum absolute atomic E-state index is 0.486. The van der Waals surface area contributed by atoms with Crippen LogP contribution in [0, 0.1) is 6.92 Å². The van der Waals surface area contributed by atoms with E-state index in [2.05, 4.69) is 44.2 Å². The summed E-state index contributed by atoms with van der Waals surface area (Å²) in [6, 6.07) is 10.2. The number of aromatic nitrogens is 3. The molecule has 1 heterocycles. The number of thioether (sulfide) groups is 1. The normalized spacial score (nSPS) is 11.6. The van der Waals surface area contributed by atoms with Crippen LogP contribution in [0.3, 0.4) is 0 Å². The zero-order valence-electron chi connectivity index (χ0n) is 16.4. The lowest BCUT2D eigenvalue weighted by Gasteiger charge is -2.13. The predicted molar refractivity (Wildman–Crippen MR) is 112 cm³/mol. The molecule has 2 aromatic rings. The molecule has 0 spiro atoms. The first-order valence-electron chi connectivity index (χ1n) is 9.18. The van der Waals surface area contributed by atoms with E-state index < -0.39 is 0 Å². The van der Waals surface area contributed by atoms with Gasteiger partial charge >= 0.3 is 0 Å². The van der Waals surface area contributed by atoms with Crippen molar-refractivity contribution in [1.29, 1.82) is 0 Å². The van der Waals surface area contributed by atoms with E-state index in [4.69, 9.17) is 4.74 Å². The highest BCUT2D eigenvalue weighted by atomic mass is 32.2. The summed E-state index contributed by atoms with van der Waals surface area (Å²) in [6.07, 6.45) is 3.21. The zero-order chi connectivity index (χ0) is 19.3. The fraction of sp³-hybridized carbons (Fsp3) is 0.526. The summed E-state index contributed by atoms with van der Waals surface area (Å²) < 4.78 is 7.68. The number of guanidine groups is 1. The van der Waals surface area contributed by atoms with E-state index in [1.807, 2.05) is 48.5 Å². The van der Waals surface area contributed by atoms with Gasteiger partial charge in [0.1, 0.15) is 12.4 Å². The molecule has 0 aliphatic heterocycles. The highest BCUT2D eigenvalue weighted by Gasteiger charge is 2.05. The van der Waals surface area contributed by atoms with Gasteiger partial charge < -0.3 is 19.9 Å². The quantitative estimate of drug-likeness (QED) is 0.348. The summed E-state index contributed by atoms with van der Waals surface area (Å²) in [5, 5.41) is 14.9. The van der Waals surface area contributed by atoms with Gasteiger partial charge in [-0.05, 0) is 30.9 Å².